The van der Waals surface area contributed by atoms with Crippen LogP contribution < -0.4 is 16.0 Å². The lowest BCUT2D eigenvalue weighted by atomic mass is 10.2. The SMILES string of the molecule is CC(=O)Nc1cccc(NC(=O)C(=O)NC[C@@H](c2cccs2)N2CCOCC2)c1. The number of morpholine rings is 1. The van der Waals surface area contributed by atoms with Gasteiger partial charge in [-0.25, -0.2) is 0 Å². The molecule has 9 heteroatoms. The predicted octanol–water partition coefficient (Wildman–Crippen LogP) is 1.83. The molecule has 3 N–H and O–H groups in total. The Kier molecular flexibility index (Phi) is 7.34. The number of anilines is 2. The second-order valence-corrected chi connectivity index (χ2v) is 7.58. The molecule has 1 aliphatic rings. The Balaban J connectivity index is 1.58. The second kappa shape index (κ2) is 10.1. The molecule has 2 heterocycles. The molecule has 1 fully saturated rings. The number of nitrogens with one attached hydrogen (secondary N) is 3. The molecule has 1 aromatic heterocycles. The zero-order chi connectivity index (χ0) is 20.6. The largest absolute Gasteiger partial charge is 0.379 e. The van der Waals surface area contributed by atoms with Crippen LogP contribution in [0.5, 0.6) is 0 Å². The number of nitrogens with zero attached hydrogens (tertiary/aromatic N) is 1. The average molecular weight is 417 g/mol. The van der Waals surface area contributed by atoms with Crippen LogP contribution in [0.3, 0.4) is 0 Å². The van der Waals surface area contributed by atoms with E-state index in [1.807, 2.05) is 17.5 Å². The standard InChI is InChI=1S/C20H24N4O4S/c1-14(25)22-15-4-2-5-16(12-15)23-20(27)19(26)21-13-17(18-6-3-11-29-18)24-7-9-28-10-8-24/h2-6,11-12,17H,7-10,13H2,1H3,(H,21,26)(H,22,25)(H,23,27)/t17-/m0/s1. The van der Waals surface area contributed by atoms with Crippen LogP contribution >= 0.6 is 11.3 Å². The van der Waals surface area contributed by atoms with Crippen LogP contribution in [0.1, 0.15) is 17.8 Å². The van der Waals surface area contributed by atoms with Gasteiger partial charge in [-0.3, -0.25) is 19.3 Å². The number of carbonyl (C=O) groups excluding carboxylic acids is 3. The van der Waals surface area contributed by atoms with Gasteiger partial charge < -0.3 is 20.7 Å². The van der Waals surface area contributed by atoms with Crippen molar-refractivity contribution in [2.75, 3.05) is 43.5 Å². The Labute approximate surface area is 173 Å². The Hall–Kier alpha value is -2.75. The summed E-state index contributed by atoms with van der Waals surface area (Å²) in [5, 5.41) is 9.93. The molecule has 0 spiro atoms. The summed E-state index contributed by atoms with van der Waals surface area (Å²) in [6.07, 6.45) is 0. The zero-order valence-corrected chi connectivity index (χ0v) is 17.0. The molecule has 0 saturated carbocycles. The molecular formula is C20H24N4O4S. The quantitative estimate of drug-likeness (QED) is 0.624. The van der Waals surface area contributed by atoms with Gasteiger partial charge in [-0.05, 0) is 29.6 Å². The van der Waals surface area contributed by atoms with Crippen molar-refractivity contribution < 1.29 is 19.1 Å². The van der Waals surface area contributed by atoms with Crippen LogP contribution in [0, 0.1) is 0 Å². The van der Waals surface area contributed by atoms with Crippen molar-refractivity contribution in [1.29, 1.82) is 0 Å². The van der Waals surface area contributed by atoms with Gasteiger partial charge in [-0.2, -0.15) is 0 Å². The van der Waals surface area contributed by atoms with Gasteiger partial charge in [0, 0.05) is 42.8 Å². The minimum Gasteiger partial charge on any atom is -0.379 e. The topological polar surface area (TPSA) is 99.8 Å². The smallest absolute Gasteiger partial charge is 0.313 e. The summed E-state index contributed by atoms with van der Waals surface area (Å²) in [5.41, 5.74) is 0.972. The van der Waals surface area contributed by atoms with Crippen molar-refractivity contribution in [3.05, 3.63) is 46.7 Å². The first-order valence-corrected chi connectivity index (χ1v) is 10.2. The third-order valence-corrected chi connectivity index (χ3v) is 5.43. The fourth-order valence-electron chi connectivity index (χ4n) is 3.12. The van der Waals surface area contributed by atoms with Gasteiger partial charge in [0.2, 0.25) is 5.91 Å². The van der Waals surface area contributed by atoms with Gasteiger partial charge in [0.05, 0.1) is 19.3 Å². The first kappa shape index (κ1) is 21.0. The number of ether oxygens (including phenoxy) is 1. The van der Waals surface area contributed by atoms with Gasteiger partial charge in [0.25, 0.3) is 0 Å². The summed E-state index contributed by atoms with van der Waals surface area (Å²) in [4.78, 5) is 39.2. The maximum Gasteiger partial charge on any atom is 0.313 e. The molecule has 154 valence electrons. The zero-order valence-electron chi connectivity index (χ0n) is 16.1. The number of amides is 3. The van der Waals surface area contributed by atoms with Gasteiger partial charge >= 0.3 is 11.8 Å². The van der Waals surface area contributed by atoms with Gasteiger partial charge in [-0.15, -0.1) is 11.3 Å². The number of hydrogen-bond acceptors (Lipinski definition) is 6. The molecule has 2 aromatic rings. The van der Waals surface area contributed by atoms with E-state index in [0.717, 1.165) is 18.0 Å². The first-order valence-electron chi connectivity index (χ1n) is 9.35. The number of benzene rings is 1. The highest BCUT2D eigenvalue weighted by Gasteiger charge is 2.25. The third-order valence-electron chi connectivity index (χ3n) is 4.46. The van der Waals surface area contributed by atoms with E-state index in [9.17, 15) is 14.4 Å². The van der Waals surface area contributed by atoms with E-state index in [1.165, 1.54) is 6.92 Å². The second-order valence-electron chi connectivity index (χ2n) is 6.61. The lowest BCUT2D eigenvalue weighted by molar-refractivity contribution is -0.136. The van der Waals surface area contributed by atoms with Crippen LogP contribution in [0.4, 0.5) is 11.4 Å². The number of thiophene rings is 1. The molecule has 1 aliphatic heterocycles. The lowest BCUT2D eigenvalue weighted by Gasteiger charge is -2.34. The minimum absolute atomic E-state index is 0.00116. The van der Waals surface area contributed by atoms with Crippen LogP contribution in [0.25, 0.3) is 0 Å². The lowest BCUT2D eigenvalue weighted by Crippen LogP contribution is -2.45. The van der Waals surface area contributed by atoms with Crippen molar-refractivity contribution in [3.63, 3.8) is 0 Å². The molecule has 8 nitrogen and oxygen atoms in total. The summed E-state index contributed by atoms with van der Waals surface area (Å²) in [7, 11) is 0. The molecule has 0 radical (unpaired) electrons. The Morgan fingerprint density at radius 1 is 1.07 bits per heavy atom. The fourth-order valence-corrected chi connectivity index (χ4v) is 3.98. The maximum atomic E-state index is 12.3. The molecule has 0 bridgehead atoms. The normalized spacial score (nSPS) is 15.3. The number of hydrogen-bond donors (Lipinski definition) is 3. The Morgan fingerprint density at radius 3 is 2.45 bits per heavy atom. The summed E-state index contributed by atoms with van der Waals surface area (Å²) >= 11 is 1.62. The Bertz CT molecular complexity index is 850. The molecule has 3 rings (SSSR count). The predicted molar refractivity (Wildman–Crippen MR) is 112 cm³/mol. The summed E-state index contributed by atoms with van der Waals surface area (Å²) < 4.78 is 5.42. The van der Waals surface area contributed by atoms with Crippen LogP contribution in [0.15, 0.2) is 41.8 Å². The van der Waals surface area contributed by atoms with E-state index >= 15 is 0 Å². The number of rotatable bonds is 6. The van der Waals surface area contributed by atoms with Crippen LogP contribution in [0.2, 0.25) is 0 Å². The van der Waals surface area contributed by atoms with E-state index < -0.39 is 11.8 Å². The van der Waals surface area contributed by atoms with Crippen LogP contribution in [-0.2, 0) is 19.1 Å². The van der Waals surface area contributed by atoms with Gasteiger partial charge in [-0.1, -0.05) is 12.1 Å². The third kappa shape index (κ3) is 6.11. The van der Waals surface area contributed by atoms with Crippen molar-refractivity contribution in [1.82, 2.24) is 10.2 Å². The monoisotopic (exact) mass is 416 g/mol. The summed E-state index contributed by atoms with van der Waals surface area (Å²) in [6.45, 7) is 4.60. The molecular weight excluding hydrogens is 392 g/mol. The van der Waals surface area contributed by atoms with Crippen molar-refractivity contribution in [2.45, 2.75) is 13.0 Å². The molecule has 1 atom stereocenters. The maximum absolute atomic E-state index is 12.3. The average Bonchev–Trinajstić information content (AvgIpc) is 3.23. The fraction of sp³-hybridized carbons (Fsp3) is 0.350. The molecule has 3 amide bonds. The molecule has 1 aromatic carbocycles. The van der Waals surface area contributed by atoms with Crippen molar-refractivity contribution in [2.24, 2.45) is 0 Å². The van der Waals surface area contributed by atoms with E-state index in [4.69, 9.17) is 4.74 Å². The van der Waals surface area contributed by atoms with Gasteiger partial charge in [0.1, 0.15) is 0 Å². The molecule has 29 heavy (non-hydrogen) atoms. The van der Waals surface area contributed by atoms with E-state index in [0.29, 0.717) is 31.1 Å². The Morgan fingerprint density at radius 2 is 1.79 bits per heavy atom. The van der Waals surface area contributed by atoms with E-state index in [-0.39, 0.29) is 11.9 Å². The highest BCUT2D eigenvalue weighted by molar-refractivity contribution is 7.10. The van der Waals surface area contributed by atoms with E-state index in [2.05, 4.69) is 20.9 Å². The summed E-state index contributed by atoms with van der Waals surface area (Å²) in [6, 6.07) is 10.6. The van der Waals surface area contributed by atoms with Crippen LogP contribution in [-0.4, -0.2) is 55.5 Å². The summed E-state index contributed by atoms with van der Waals surface area (Å²) in [5.74, 6) is -1.67. The van der Waals surface area contributed by atoms with E-state index in [1.54, 1.807) is 35.6 Å². The van der Waals surface area contributed by atoms with Gasteiger partial charge in [0.15, 0.2) is 0 Å². The molecule has 0 aliphatic carbocycles. The highest BCUT2D eigenvalue weighted by atomic mass is 32.1. The minimum atomic E-state index is -0.753. The molecule has 0 unspecified atom stereocenters. The number of carbonyl (C=O) groups is 3. The highest BCUT2D eigenvalue weighted by Crippen LogP contribution is 2.25. The van der Waals surface area contributed by atoms with Crippen molar-refractivity contribution in [3.8, 4) is 0 Å². The van der Waals surface area contributed by atoms with Crippen molar-refractivity contribution >= 4 is 40.4 Å². The molecule has 1 saturated heterocycles. The first-order chi connectivity index (χ1) is 14.0.